The van der Waals surface area contributed by atoms with Crippen LogP contribution in [0.5, 0.6) is 0 Å². The number of nitrogens with one attached hydrogen (secondary N) is 1. The van der Waals surface area contributed by atoms with Crippen LogP contribution >= 0.6 is 0 Å². The summed E-state index contributed by atoms with van der Waals surface area (Å²) in [5, 5.41) is 7.31. The summed E-state index contributed by atoms with van der Waals surface area (Å²) in [6.07, 6.45) is 4.79. The van der Waals surface area contributed by atoms with Crippen molar-refractivity contribution in [2.45, 2.75) is 58.0 Å². The number of carbonyl (C=O) groups excluding carboxylic acids is 1. The fourth-order valence-corrected chi connectivity index (χ4v) is 3.49. The molecule has 22 heavy (non-hydrogen) atoms. The second kappa shape index (κ2) is 6.77. The van der Waals surface area contributed by atoms with Gasteiger partial charge in [-0.3, -0.25) is 9.89 Å². The Bertz CT molecular complexity index is 508. The van der Waals surface area contributed by atoms with E-state index in [1.807, 2.05) is 11.8 Å². The van der Waals surface area contributed by atoms with E-state index in [2.05, 4.69) is 22.1 Å². The van der Waals surface area contributed by atoms with Gasteiger partial charge in [0, 0.05) is 32.0 Å². The highest BCUT2D eigenvalue weighted by molar-refractivity contribution is 5.79. The second-order valence-electron chi connectivity index (χ2n) is 6.42. The summed E-state index contributed by atoms with van der Waals surface area (Å²) < 4.78 is 5.64. The molecule has 1 aromatic rings. The number of aromatic nitrogens is 3. The molecular formula is C16H26N4O2. The van der Waals surface area contributed by atoms with Crippen molar-refractivity contribution >= 4 is 5.91 Å². The minimum Gasteiger partial charge on any atom is -0.378 e. The second-order valence-corrected chi connectivity index (χ2v) is 6.42. The number of likely N-dealkylation sites (tertiary alicyclic amines) is 1. The average molecular weight is 306 g/mol. The Hall–Kier alpha value is -1.43. The summed E-state index contributed by atoms with van der Waals surface area (Å²) in [4.78, 5) is 19.2. The van der Waals surface area contributed by atoms with Crippen molar-refractivity contribution < 1.29 is 9.53 Å². The number of rotatable bonds is 3. The first kappa shape index (κ1) is 15.5. The molecule has 122 valence electrons. The molecule has 1 N–H and O–H groups in total. The van der Waals surface area contributed by atoms with Gasteiger partial charge in [0.2, 0.25) is 5.91 Å². The summed E-state index contributed by atoms with van der Waals surface area (Å²) >= 11 is 0. The molecule has 1 aromatic heterocycles. The number of hydrogen-bond acceptors (Lipinski definition) is 4. The number of carbonyl (C=O) groups is 1. The molecule has 0 radical (unpaired) electrons. The lowest BCUT2D eigenvalue weighted by atomic mass is 9.91. The van der Waals surface area contributed by atoms with E-state index < -0.39 is 0 Å². The Labute approximate surface area is 131 Å². The monoisotopic (exact) mass is 306 g/mol. The fourth-order valence-electron chi connectivity index (χ4n) is 3.49. The van der Waals surface area contributed by atoms with Crippen LogP contribution in [0.4, 0.5) is 0 Å². The van der Waals surface area contributed by atoms with Gasteiger partial charge in [0.25, 0.3) is 0 Å². The third-order valence-electron chi connectivity index (χ3n) is 4.98. The van der Waals surface area contributed by atoms with Gasteiger partial charge in [-0.2, -0.15) is 5.10 Å². The minimum absolute atomic E-state index is 0.0421. The molecule has 2 aliphatic rings. The molecule has 0 unspecified atom stereocenters. The summed E-state index contributed by atoms with van der Waals surface area (Å²) in [5.41, 5.74) is 0. The number of aromatic amines is 1. The number of H-pyrrole nitrogens is 1. The highest BCUT2D eigenvalue weighted by Crippen LogP contribution is 2.29. The van der Waals surface area contributed by atoms with Gasteiger partial charge in [0.15, 0.2) is 5.82 Å². The molecule has 2 aliphatic heterocycles. The van der Waals surface area contributed by atoms with Crippen molar-refractivity contribution in [3.05, 3.63) is 11.6 Å². The van der Waals surface area contributed by atoms with Gasteiger partial charge in [-0.15, -0.1) is 0 Å². The Balaban J connectivity index is 1.55. The Morgan fingerprint density at radius 1 is 1.36 bits per heavy atom. The first-order chi connectivity index (χ1) is 10.7. The molecule has 0 saturated carbocycles. The maximum atomic E-state index is 12.7. The maximum absolute atomic E-state index is 12.7. The smallest absolute Gasteiger partial charge is 0.228 e. The Morgan fingerprint density at radius 3 is 2.77 bits per heavy atom. The van der Waals surface area contributed by atoms with Gasteiger partial charge in [-0.05, 0) is 32.6 Å². The molecular weight excluding hydrogens is 280 g/mol. The Kier molecular flexibility index (Phi) is 4.76. The summed E-state index contributed by atoms with van der Waals surface area (Å²) in [7, 11) is 0. The molecule has 3 rings (SSSR count). The van der Waals surface area contributed by atoms with Crippen LogP contribution in [0.25, 0.3) is 0 Å². The molecule has 2 fully saturated rings. The first-order valence-corrected chi connectivity index (χ1v) is 8.50. The van der Waals surface area contributed by atoms with E-state index in [1.165, 1.54) is 0 Å². The normalized spacial score (nSPS) is 27.1. The number of aryl methyl sites for hydroxylation is 1. The highest BCUT2D eigenvalue weighted by Gasteiger charge is 2.34. The lowest BCUT2D eigenvalue weighted by Crippen LogP contribution is -2.46. The zero-order chi connectivity index (χ0) is 15.5. The van der Waals surface area contributed by atoms with Crippen LogP contribution in [0, 0.1) is 5.92 Å². The lowest BCUT2D eigenvalue weighted by molar-refractivity contribution is -0.145. The number of amides is 1. The van der Waals surface area contributed by atoms with E-state index in [0.717, 1.165) is 63.4 Å². The van der Waals surface area contributed by atoms with Crippen molar-refractivity contribution in [3.8, 4) is 0 Å². The van der Waals surface area contributed by atoms with E-state index in [1.54, 1.807) is 0 Å². The van der Waals surface area contributed by atoms with Gasteiger partial charge in [0.05, 0.1) is 12.0 Å². The fraction of sp³-hybridized carbons (Fsp3) is 0.812. The topological polar surface area (TPSA) is 71.1 Å². The summed E-state index contributed by atoms with van der Waals surface area (Å²) in [6, 6.07) is 0. The summed E-state index contributed by atoms with van der Waals surface area (Å²) in [5.74, 6) is 2.55. The number of piperidine rings is 1. The van der Waals surface area contributed by atoms with Crippen LogP contribution in [-0.4, -0.2) is 51.8 Å². The van der Waals surface area contributed by atoms with Crippen LogP contribution < -0.4 is 0 Å². The number of hydrogen-bond donors (Lipinski definition) is 1. The van der Waals surface area contributed by atoms with Gasteiger partial charge in [0.1, 0.15) is 5.82 Å². The quantitative estimate of drug-likeness (QED) is 0.925. The standard InChI is InChI=1S/C16H26N4O2/c1-3-14-17-15(19-18-14)12-6-8-20(9-7-12)16(21)13-5-4-10-22-11(13)2/h11-13H,3-10H2,1-2H3,(H,17,18,19)/t11-,13-/m0/s1. The van der Waals surface area contributed by atoms with E-state index in [0.29, 0.717) is 5.92 Å². The van der Waals surface area contributed by atoms with Crippen molar-refractivity contribution in [1.82, 2.24) is 20.1 Å². The molecule has 2 atom stereocenters. The zero-order valence-corrected chi connectivity index (χ0v) is 13.5. The van der Waals surface area contributed by atoms with E-state index in [4.69, 9.17) is 4.74 Å². The van der Waals surface area contributed by atoms with Crippen LogP contribution in [0.2, 0.25) is 0 Å². The van der Waals surface area contributed by atoms with Gasteiger partial charge in [-0.25, -0.2) is 4.98 Å². The van der Waals surface area contributed by atoms with Crippen molar-refractivity contribution in [2.24, 2.45) is 5.92 Å². The molecule has 0 spiro atoms. The molecule has 0 bridgehead atoms. The van der Waals surface area contributed by atoms with Crippen molar-refractivity contribution in [1.29, 1.82) is 0 Å². The van der Waals surface area contributed by atoms with Crippen molar-refractivity contribution in [3.63, 3.8) is 0 Å². The lowest BCUT2D eigenvalue weighted by Gasteiger charge is -2.36. The predicted molar refractivity (Wildman–Crippen MR) is 82.5 cm³/mol. The molecule has 3 heterocycles. The summed E-state index contributed by atoms with van der Waals surface area (Å²) in [6.45, 7) is 6.50. The van der Waals surface area contributed by atoms with Crippen LogP contribution in [0.3, 0.4) is 0 Å². The van der Waals surface area contributed by atoms with E-state index in [9.17, 15) is 4.79 Å². The highest BCUT2D eigenvalue weighted by atomic mass is 16.5. The van der Waals surface area contributed by atoms with Crippen LogP contribution in [0.15, 0.2) is 0 Å². The first-order valence-electron chi connectivity index (χ1n) is 8.50. The molecule has 0 aromatic carbocycles. The third-order valence-corrected chi connectivity index (χ3v) is 4.98. The van der Waals surface area contributed by atoms with Gasteiger partial charge >= 0.3 is 0 Å². The zero-order valence-electron chi connectivity index (χ0n) is 13.5. The van der Waals surface area contributed by atoms with Gasteiger partial charge < -0.3 is 9.64 Å². The van der Waals surface area contributed by atoms with E-state index >= 15 is 0 Å². The Morgan fingerprint density at radius 2 is 2.14 bits per heavy atom. The molecule has 2 saturated heterocycles. The number of nitrogens with zero attached hydrogens (tertiary/aromatic N) is 3. The number of ether oxygens (including phenoxy) is 1. The van der Waals surface area contributed by atoms with Crippen LogP contribution in [0.1, 0.15) is 57.1 Å². The molecule has 1 amide bonds. The molecule has 6 nitrogen and oxygen atoms in total. The third kappa shape index (κ3) is 3.16. The SMILES string of the molecule is CCc1nc(C2CCN(C(=O)[C@H]3CCCO[C@H]3C)CC2)n[nH]1. The average Bonchev–Trinajstić information content (AvgIpc) is 3.04. The minimum atomic E-state index is 0.0421. The predicted octanol–water partition coefficient (Wildman–Crippen LogP) is 1.89. The largest absolute Gasteiger partial charge is 0.378 e. The molecule has 0 aliphatic carbocycles. The maximum Gasteiger partial charge on any atom is 0.228 e. The van der Waals surface area contributed by atoms with Crippen molar-refractivity contribution in [2.75, 3.05) is 19.7 Å². The van der Waals surface area contributed by atoms with Gasteiger partial charge in [-0.1, -0.05) is 6.92 Å². The van der Waals surface area contributed by atoms with E-state index in [-0.39, 0.29) is 17.9 Å². The van der Waals surface area contributed by atoms with Crippen LogP contribution in [-0.2, 0) is 16.0 Å². The molecule has 6 heteroatoms.